The Hall–Kier alpha value is -3.72. The number of aryl methyl sites for hydroxylation is 1. The van der Waals surface area contributed by atoms with Gasteiger partial charge in [-0.2, -0.15) is 0 Å². The number of hydrogen-bond acceptors (Lipinski definition) is 6. The maximum atomic E-state index is 13.0. The first-order valence-electron chi connectivity index (χ1n) is 10.6. The first-order valence-corrected chi connectivity index (χ1v) is 12.1. The van der Waals surface area contributed by atoms with Gasteiger partial charge in [-0.25, -0.2) is 8.42 Å². The molecule has 0 bridgehead atoms. The van der Waals surface area contributed by atoms with E-state index in [9.17, 15) is 13.2 Å². The third kappa shape index (κ3) is 5.99. The van der Waals surface area contributed by atoms with Gasteiger partial charge in [0.25, 0.3) is 15.9 Å². The Bertz CT molecular complexity index is 1260. The summed E-state index contributed by atoms with van der Waals surface area (Å²) in [5.41, 5.74) is 1.96. The van der Waals surface area contributed by atoms with E-state index in [1.54, 1.807) is 62.6 Å². The molecule has 0 aliphatic heterocycles. The zero-order valence-corrected chi connectivity index (χ0v) is 20.4. The highest BCUT2D eigenvalue weighted by Gasteiger charge is 2.19. The molecule has 3 aromatic carbocycles. The molecule has 0 radical (unpaired) electrons. The van der Waals surface area contributed by atoms with Gasteiger partial charge in [-0.3, -0.25) is 9.52 Å². The van der Waals surface area contributed by atoms with Crippen LogP contribution in [0.15, 0.2) is 65.6 Å². The summed E-state index contributed by atoms with van der Waals surface area (Å²) in [4.78, 5) is 12.8. The highest BCUT2D eigenvalue weighted by Crippen LogP contribution is 2.28. The topological polar surface area (TPSA) is 103 Å². The van der Waals surface area contributed by atoms with Crippen LogP contribution in [0.5, 0.6) is 17.2 Å². The molecule has 0 unspecified atom stereocenters. The summed E-state index contributed by atoms with van der Waals surface area (Å²) < 4.78 is 44.5. The summed E-state index contributed by atoms with van der Waals surface area (Å²) >= 11 is 0. The van der Waals surface area contributed by atoms with Gasteiger partial charge in [0.1, 0.15) is 5.75 Å². The Morgan fingerprint density at radius 1 is 0.912 bits per heavy atom. The zero-order valence-electron chi connectivity index (χ0n) is 19.5. The Labute approximate surface area is 199 Å². The van der Waals surface area contributed by atoms with Crippen LogP contribution in [-0.2, 0) is 16.6 Å². The number of carbonyl (C=O) groups is 1. The molecule has 0 aliphatic rings. The van der Waals surface area contributed by atoms with Crippen LogP contribution in [0.3, 0.4) is 0 Å². The van der Waals surface area contributed by atoms with Gasteiger partial charge in [0.05, 0.1) is 25.7 Å². The van der Waals surface area contributed by atoms with E-state index in [2.05, 4.69) is 10.0 Å². The van der Waals surface area contributed by atoms with Crippen molar-refractivity contribution in [1.82, 2.24) is 5.32 Å². The first-order chi connectivity index (χ1) is 16.3. The molecule has 2 N–H and O–H groups in total. The van der Waals surface area contributed by atoms with E-state index < -0.39 is 15.9 Å². The van der Waals surface area contributed by atoms with Gasteiger partial charge < -0.3 is 19.5 Å². The number of benzene rings is 3. The standard InChI is InChI=1S/C25H28N2O6S/c1-5-33-22-13-7-18(14-23(22)32-4)16-26-25(28)19-8-6-17(2)24(15-19)34(29,30)27-20-9-11-21(31-3)12-10-20/h6-15,27H,5,16H2,1-4H3,(H,26,28). The minimum Gasteiger partial charge on any atom is -0.497 e. The van der Waals surface area contributed by atoms with Crippen LogP contribution in [0.1, 0.15) is 28.4 Å². The number of anilines is 1. The van der Waals surface area contributed by atoms with E-state index in [1.807, 2.05) is 13.0 Å². The maximum Gasteiger partial charge on any atom is 0.262 e. The molecule has 0 aliphatic carbocycles. The predicted molar refractivity (Wildman–Crippen MR) is 130 cm³/mol. The molecule has 0 spiro atoms. The fraction of sp³-hybridized carbons (Fsp3) is 0.240. The average Bonchev–Trinajstić information content (AvgIpc) is 2.83. The van der Waals surface area contributed by atoms with E-state index >= 15 is 0 Å². The lowest BCUT2D eigenvalue weighted by Crippen LogP contribution is -2.23. The van der Waals surface area contributed by atoms with Gasteiger partial charge in [-0.05, 0) is 73.5 Å². The second-order valence-electron chi connectivity index (χ2n) is 7.42. The summed E-state index contributed by atoms with van der Waals surface area (Å²) in [5.74, 6) is 1.41. The highest BCUT2D eigenvalue weighted by molar-refractivity contribution is 7.92. The Morgan fingerprint density at radius 2 is 1.65 bits per heavy atom. The molecule has 3 rings (SSSR count). The van der Waals surface area contributed by atoms with Gasteiger partial charge in [-0.1, -0.05) is 12.1 Å². The molecule has 0 heterocycles. The number of rotatable bonds is 10. The van der Waals surface area contributed by atoms with E-state index in [4.69, 9.17) is 14.2 Å². The summed E-state index contributed by atoms with van der Waals surface area (Å²) in [6, 6.07) is 16.5. The van der Waals surface area contributed by atoms with Crippen LogP contribution >= 0.6 is 0 Å². The predicted octanol–water partition coefficient (Wildman–Crippen LogP) is 4.14. The second kappa shape index (κ2) is 10.9. The van der Waals surface area contributed by atoms with Crippen LogP contribution in [-0.4, -0.2) is 35.2 Å². The molecule has 1 amide bonds. The van der Waals surface area contributed by atoms with Crippen LogP contribution < -0.4 is 24.2 Å². The van der Waals surface area contributed by atoms with Crippen molar-refractivity contribution >= 4 is 21.6 Å². The number of nitrogens with one attached hydrogen (secondary N) is 2. The highest BCUT2D eigenvalue weighted by atomic mass is 32.2. The Morgan fingerprint density at radius 3 is 2.29 bits per heavy atom. The lowest BCUT2D eigenvalue weighted by molar-refractivity contribution is 0.0950. The van der Waals surface area contributed by atoms with Crippen molar-refractivity contribution in [3.05, 3.63) is 77.4 Å². The van der Waals surface area contributed by atoms with Crippen molar-refractivity contribution in [2.45, 2.75) is 25.3 Å². The largest absolute Gasteiger partial charge is 0.497 e. The number of methoxy groups -OCH3 is 2. The average molecular weight is 485 g/mol. The van der Waals surface area contributed by atoms with E-state index in [1.165, 1.54) is 13.2 Å². The number of carbonyl (C=O) groups excluding carboxylic acids is 1. The normalized spacial score (nSPS) is 10.9. The van der Waals surface area contributed by atoms with Crippen molar-refractivity contribution in [3.8, 4) is 17.2 Å². The fourth-order valence-corrected chi connectivity index (χ4v) is 4.61. The van der Waals surface area contributed by atoms with Crippen LogP contribution in [0.25, 0.3) is 0 Å². The van der Waals surface area contributed by atoms with Crippen molar-refractivity contribution in [1.29, 1.82) is 0 Å². The smallest absolute Gasteiger partial charge is 0.262 e. The summed E-state index contributed by atoms with van der Waals surface area (Å²) in [5, 5.41) is 2.81. The molecule has 180 valence electrons. The second-order valence-corrected chi connectivity index (χ2v) is 9.07. The lowest BCUT2D eigenvalue weighted by atomic mass is 10.1. The van der Waals surface area contributed by atoms with E-state index in [-0.39, 0.29) is 17.0 Å². The quantitative estimate of drug-likeness (QED) is 0.448. The third-order valence-corrected chi connectivity index (χ3v) is 6.59. The number of ether oxygens (including phenoxy) is 3. The molecule has 0 aromatic heterocycles. The summed E-state index contributed by atoms with van der Waals surface area (Å²) in [6.45, 7) is 4.31. The number of sulfonamides is 1. The van der Waals surface area contributed by atoms with Crippen LogP contribution in [0.2, 0.25) is 0 Å². The first kappa shape index (κ1) is 24.9. The Balaban J connectivity index is 1.75. The third-order valence-electron chi connectivity index (χ3n) is 5.06. The molecule has 0 fully saturated rings. The number of amides is 1. The van der Waals surface area contributed by atoms with Crippen molar-refractivity contribution in [2.24, 2.45) is 0 Å². The molecule has 9 heteroatoms. The van der Waals surface area contributed by atoms with E-state index in [0.717, 1.165) is 5.56 Å². The lowest BCUT2D eigenvalue weighted by Gasteiger charge is -2.13. The molecular formula is C25H28N2O6S. The van der Waals surface area contributed by atoms with Gasteiger partial charge in [0, 0.05) is 17.8 Å². The maximum absolute atomic E-state index is 13.0. The molecule has 0 atom stereocenters. The molecule has 8 nitrogen and oxygen atoms in total. The van der Waals surface area contributed by atoms with Crippen LogP contribution in [0, 0.1) is 6.92 Å². The minimum absolute atomic E-state index is 0.0266. The zero-order chi connectivity index (χ0) is 24.7. The number of hydrogen-bond donors (Lipinski definition) is 2. The molecule has 3 aromatic rings. The molecule has 34 heavy (non-hydrogen) atoms. The Kier molecular flexibility index (Phi) is 8.01. The SMILES string of the molecule is CCOc1ccc(CNC(=O)c2ccc(C)c(S(=O)(=O)Nc3ccc(OC)cc3)c2)cc1OC. The summed E-state index contributed by atoms with van der Waals surface area (Å²) in [6.07, 6.45) is 0. The molecule has 0 saturated carbocycles. The van der Waals surface area contributed by atoms with Gasteiger partial charge in [0.15, 0.2) is 11.5 Å². The van der Waals surface area contributed by atoms with Crippen molar-refractivity contribution in [2.75, 3.05) is 25.5 Å². The van der Waals surface area contributed by atoms with Crippen molar-refractivity contribution < 1.29 is 27.4 Å². The van der Waals surface area contributed by atoms with Gasteiger partial charge in [0.2, 0.25) is 0 Å². The minimum atomic E-state index is -3.91. The van der Waals surface area contributed by atoms with Crippen LogP contribution in [0.4, 0.5) is 5.69 Å². The van der Waals surface area contributed by atoms with Gasteiger partial charge >= 0.3 is 0 Å². The molecular weight excluding hydrogens is 456 g/mol. The van der Waals surface area contributed by atoms with E-state index in [0.29, 0.717) is 35.1 Å². The monoisotopic (exact) mass is 484 g/mol. The fourth-order valence-electron chi connectivity index (χ4n) is 3.28. The van der Waals surface area contributed by atoms with Gasteiger partial charge in [-0.15, -0.1) is 0 Å². The summed E-state index contributed by atoms with van der Waals surface area (Å²) in [7, 11) is -0.824. The molecule has 0 saturated heterocycles. The van der Waals surface area contributed by atoms with Crippen molar-refractivity contribution in [3.63, 3.8) is 0 Å².